The topological polar surface area (TPSA) is 58.2 Å². The van der Waals surface area contributed by atoms with Gasteiger partial charge >= 0.3 is 6.03 Å². The summed E-state index contributed by atoms with van der Waals surface area (Å²) < 4.78 is 0. The maximum Gasteiger partial charge on any atom is 0.319 e. The van der Waals surface area contributed by atoms with Crippen molar-refractivity contribution >= 4 is 35.0 Å². The van der Waals surface area contributed by atoms with Crippen molar-refractivity contribution < 1.29 is 9.59 Å². The number of rotatable bonds is 3. The molecule has 1 heterocycles. The molecule has 1 atom stereocenters. The van der Waals surface area contributed by atoms with Gasteiger partial charge < -0.3 is 10.6 Å². The zero-order valence-corrected chi connectivity index (χ0v) is 14.3. The highest BCUT2D eigenvalue weighted by atomic mass is 35.5. The molecule has 0 saturated heterocycles. The lowest BCUT2D eigenvalue weighted by Gasteiger charge is -2.29. The van der Waals surface area contributed by atoms with Crippen molar-refractivity contribution in [3.8, 4) is 0 Å². The minimum Gasteiger partial charge on any atom is -0.327 e. The van der Waals surface area contributed by atoms with Crippen LogP contribution in [0, 0.1) is 0 Å². The van der Waals surface area contributed by atoms with Crippen molar-refractivity contribution in [2.75, 3.05) is 0 Å². The van der Waals surface area contributed by atoms with E-state index in [1.54, 1.807) is 49.4 Å². The SMILES string of the molecule is CC1=C(C(=O)c2ccccc2)[C@H](c2ccc(Cl)c(Cl)c2)NC(=O)N1. The summed E-state index contributed by atoms with van der Waals surface area (Å²) in [5, 5.41) is 6.22. The highest BCUT2D eigenvalue weighted by Gasteiger charge is 2.31. The maximum atomic E-state index is 12.9. The van der Waals surface area contributed by atoms with Gasteiger partial charge in [-0.15, -0.1) is 0 Å². The molecule has 0 aliphatic carbocycles. The predicted molar refractivity (Wildman–Crippen MR) is 94.3 cm³/mol. The van der Waals surface area contributed by atoms with Crippen LogP contribution in [0.2, 0.25) is 10.0 Å². The Bertz CT molecular complexity index is 847. The largest absolute Gasteiger partial charge is 0.327 e. The summed E-state index contributed by atoms with van der Waals surface area (Å²) in [5.41, 5.74) is 2.23. The Kier molecular flexibility index (Phi) is 4.60. The maximum absolute atomic E-state index is 12.9. The summed E-state index contributed by atoms with van der Waals surface area (Å²) in [4.78, 5) is 24.8. The molecule has 0 unspecified atom stereocenters. The number of amides is 2. The van der Waals surface area contributed by atoms with Gasteiger partial charge in [0.15, 0.2) is 5.78 Å². The number of halogens is 2. The minimum atomic E-state index is -0.596. The first-order valence-corrected chi connectivity index (χ1v) is 8.06. The summed E-state index contributed by atoms with van der Waals surface area (Å²) in [6.45, 7) is 1.71. The fourth-order valence-corrected chi connectivity index (χ4v) is 2.99. The van der Waals surface area contributed by atoms with Crippen molar-refractivity contribution in [2.24, 2.45) is 0 Å². The molecule has 2 amide bonds. The first-order chi connectivity index (χ1) is 11.5. The molecule has 6 heteroatoms. The highest BCUT2D eigenvalue weighted by molar-refractivity contribution is 6.42. The molecule has 4 nitrogen and oxygen atoms in total. The van der Waals surface area contributed by atoms with E-state index in [4.69, 9.17) is 23.2 Å². The van der Waals surface area contributed by atoms with E-state index in [0.717, 1.165) is 0 Å². The number of nitrogens with one attached hydrogen (secondary N) is 2. The number of Topliss-reactive ketones (excluding diaryl/α,β-unsaturated/α-hetero) is 1. The Morgan fingerprint density at radius 1 is 1.04 bits per heavy atom. The molecule has 3 rings (SSSR count). The minimum absolute atomic E-state index is 0.156. The molecule has 0 bridgehead atoms. The average Bonchev–Trinajstić information content (AvgIpc) is 2.57. The number of benzene rings is 2. The van der Waals surface area contributed by atoms with Crippen LogP contribution in [-0.4, -0.2) is 11.8 Å². The molecule has 0 saturated carbocycles. The zero-order chi connectivity index (χ0) is 17.3. The second-order valence-corrected chi connectivity index (χ2v) is 6.25. The lowest BCUT2D eigenvalue weighted by molar-refractivity contribution is 0.102. The molecule has 0 fully saturated rings. The standard InChI is InChI=1S/C18H14Cl2N2O2/c1-10-15(17(23)11-5-3-2-4-6-11)16(22-18(24)21-10)12-7-8-13(19)14(20)9-12/h2-9,16H,1H3,(H2,21,22,24)/t16-/m0/s1. The van der Waals surface area contributed by atoms with Crippen molar-refractivity contribution in [3.63, 3.8) is 0 Å². The van der Waals surface area contributed by atoms with Gasteiger partial charge in [0.2, 0.25) is 0 Å². The molecule has 1 aliphatic heterocycles. The van der Waals surface area contributed by atoms with Gasteiger partial charge in [-0.3, -0.25) is 4.79 Å². The lowest BCUT2D eigenvalue weighted by Crippen LogP contribution is -2.45. The molecule has 122 valence electrons. The Balaban J connectivity index is 2.08. The first kappa shape index (κ1) is 16.6. The van der Waals surface area contributed by atoms with Gasteiger partial charge in [0, 0.05) is 16.8 Å². The van der Waals surface area contributed by atoms with Gasteiger partial charge in [-0.2, -0.15) is 0 Å². The van der Waals surface area contributed by atoms with Crippen LogP contribution in [0.15, 0.2) is 59.8 Å². The predicted octanol–water partition coefficient (Wildman–Crippen LogP) is 4.50. The molecule has 0 radical (unpaired) electrons. The number of urea groups is 1. The number of allylic oxidation sites excluding steroid dienone is 1. The van der Waals surface area contributed by atoms with Crippen LogP contribution in [0.3, 0.4) is 0 Å². The first-order valence-electron chi connectivity index (χ1n) is 7.30. The summed E-state index contributed by atoms with van der Waals surface area (Å²) in [6.07, 6.45) is 0. The molecule has 0 spiro atoms. The van der Waals surface area contributed by atoms with E-state index >= 15 is 0 Å². The number of hydrogen-bond acceptors (Lipinski definition) is 2. The van der Waals surface area contributed by atoms with Crippen LogP contribution in [0.5, 0.6) is 0 Å². The van der Waals surface area contributed by atoms with Gasteiger partial charge in [-0.25, -0.2) is 4.79 Å². The number of carbonyl (C=O) groups is 2. The third kappa shape index (κ3) is 3.16. The summed E-state index contributed by atoms with van der Waals surface area (Å²) in [7, 11) is 0. The van der Waals surface area contributed by atoms with Crippen LogP contribution in [0.1, 0.15) is 28.9 Å². The van der Waals surface area contributed by atoms with E-state index in [1.807, 2.05) is 6.07 Å². The van der Waals surface area contributed by atoms with Gasteiger partial charge in [-0.05, 0) is 24.6 Å². The molecule has 24 heavy (non-hydrogen) atoms. The molecule has 1 aliphatic rings. The fraction of sp³-hybridized carbons (Fsp3) is 0.111. The molecular weight excluding hydrogens is 347 g/mol. The Morgan fingerprint density at radius 2 is 1.75 bits per heavy atom. The van der Waals surface area contributed by atoms with E-state index in [1.165, 1.54) is 0 Å². The number of carbonyl (C=O) groups excluding carboxylic acids is 2. The van der Waals surface area contributed by atoms with Crippen LogP contribution >= 0.6 is 23.2 Å². The molecule has 2 N–H and O–H groups in total. The third-order valence-electron chi connectivity index (χ3n) is 3.83. The van der Waals surface area contributed by atoms with E-state index in [9.17, 15) is 9.59 Å². The van der Waals surface area contributed by atoms with Gasteiger partial charge in [0.05, 0.1) is 16.1 Å². The quantitative estimate of drug-likeness (QED) is 0.791. The van der Waals surface area contributed by atoms with Crippen molar-refractivity contribution in [2.45, 2.75) is 13.0 Å². The lowest BCUT2D eigenvalue weighted by atomic mass is 9.89. The Morgan fingerprint density at radius 3 is 2.42 bits per heavy atom. The summed E-state index contributed by atoms with van der Waals surface area (Å²) in [6, 6.07) is 13.0. The highest BCUT2D eigenvalue weighted by Crippen LogP contribution is 2.32. The third-order valence-corrected chi connectivity index (χ3v) is 4.57. The Labute approximate surface area is 149 Å². The second-order valence-electron chi connectivity index (χ2n) is 5.44. The monoisotopic (exact) mass is 360 g/mol. The van der Waals surface area contributed by atoms with E-state index < -0.39 is 6.04 Å². The second kappa shape index (κ2) is 6.67. The molecular formula is C18H14Cl2N2O2. The van der Waals surface area contributed by atoms with Crippen molar-refractivity contribution in [3.05, 3.63) is 81.0 Å². The van der Waals surface area contributed by atoms with E-state index in [2.05, 4.69) is 10.6 Å². The van der Waals surface area contributed by atoms with Gasteiger partial charge in [0.1, 0.15) is 0 Å². The Hall–Kier alpha value is -2.30. The van der Waals surface area contributed by atoms with Gasteiger partial charge in [0.25, 0.3) is 0 Å². The average molecular weight is 361 g/mol. The van der Waals surface area contributed by atoms with E-state index in [-0.39, 0.29) is 11.8 Å². The van der Waals surface area contributed by atoms with Crippen LogP contribution in [-0.2, 0) is 0 Å². The zero-order valence-electron chi connectivity index (χ0n) is 12.8. The molecule has 2 aromatic carbocycles. The number of ketones is 1. The fourth-order valence-electron chi connectivity index (χ4n) is 2.68. The van der Waals surface area contributed by atoms with Gasteiger partial charge in [-0.1, -0.05) is 59.6 Å². The van der Waals surface area contributed by atoms with Crippen molar-refractivity contribution in [1.82, 2.24) is 10.6 Å². The molecule has 0 aromatic heterocycles. The molecule has 2 aromatic rings. The van der Waals surface area contributed by atoms with Crippen molar-refractivity contribution in [1.29, 1.82) is 0 Å². The smallest absolute Gasteiger partial charge is 0.319 e. The summed E-state index contributed by atoms with van der Waals surface area (Å²) >= 11 is 12.1. The van der Waals surface area contributed by atoms with Crippen LogP contribution in [0.4, 0.5) is 4.79 Å². The van der Waals surface area contributed by atoms with Crippen LogP contribution in [0.25, 0.3) is 0 Å². The normalized spacial score (nSPS) is 17.3. The summed E-state index contributed by atoms with van der Waals surface area (Å²) in [5.74, 6) is -0.156. The van der Waals surface area contributed by atoms with Crippen LogP contribution < -0.4 is 10.6 Å². The number of hydrogen-bond donors (Lipinski definition) is 2. The van der Waals surface area contributed by atoms with E-state index in [0.29, 0.717) is 32.4 Å².